The summed E-state index contributed by atoms with van der Waals surface area (Å²) < 4.78 is 0.968. The van der Waals surface area contributed by atoms with Gasteiger partial charge in [-0.25, -0.2) is 0 Å². The van der Waals surface area contributed by atoms with Gasteiger partial charge < -0.3 is 0 Å². The van der Waals surface area contributed by atoms with Gasteiger partial charge in [0.1, 0.15) is 0 Å². The van der Waals surface area contributed by atoms with E-state index < -0.39 is 0 Å². The van der Waals surface area contributed by atoms with E-state index >= 15 is 0 Å². The Balaban J connectivity index is 3.14. The minimum atomic E-state index is 0.968. The van der Waals surface area contributed by atoms with Crippen LogP contribution >= 0.6 is 41.1 Å². The van der Waals surface area contributed by atoms with Crippen molar-refractivity contribution in [3.63, 3.8) is 0 Å². The van der Waals surface area contributed by atoms with E-state index in [2.05, 4.69) is 41.1 Å². The number of halogens is 2. The molecule has 0 aliphatic carbocycles. The highest BCUT2D eigenvalue weighted by Crippen LogP contribution is 2.13. The maximum absolute atomic E-state index is 3.13. The molecule has 0 spiro atoms. The molecule has 0 saturated heterocycles. The summed E-state index contributed by atoms with van der Waals surface area (Å²) in [6.07, 6.45) is 0. The Hall–Kier alpha value is 1.13. The topological polar surface area (TPSA) is 0 Å². The first-order valence-corrected chi connectivity index (χ1v) is 3.25. The molecule has 0 amide bonds. The van der Waals surface area contributed by atoms with Crippen molar-refractivity contribution in [3.05, 3.63) is 9.21 Å². The Morgan fingerprint density at radius 3 is 1.80 bits per heavy atom. The van der Waals surface area contributed by atoms with Gasteiger partial charge in [0.2, 0.25) is 0 Å². The van der Waals surface area contributed by atoms with Crippen molar-refractivity contribution >= 4 is 41.1 Å². The first-order valence-electron chi connectivity index (χ1n) is 1.000. The summed E-state index contributed by atoms with van der Waals surface area (Å²) in [6.45, 7) is 0. The molecule has 1 unspecified atom stereocenters. The smallest absolute Gasteiger partial charge is 0.0603 e. The lowest BCUT2D eigenvalue weighted by Crippen LogP contribution is -1.29. The average Bonchev–Trinajstić information content (AvgIpc) is 1.38. The summed E-state index contributed by atoms with van der Waals surface area (Å²) in [5.74, 6) is 1.83. The predicted octanol–water partition coefficient (Wildman–Crippen LogP) is 2.45. The molecule has 0 heterocycles. The van der Waals surface area contributed by atoms with Crippen molar-refractivity contribution in [2.75, 3.05) is 0 Å². The van der Waals surface area contributed by atoms with E-state index in [0.717, 1.165) is 3.39 Å². The van der Waals surface area contributed by atoms with Crippen LogP contribution < -0.4 is 0 Å². The zero-order valence-corrected chi connectivity index (χ0v) is 6.74. The molecule has 0 bridgehead atoms. The second kappa shape index (κ2) is 3.32. The molecule has 0 saturated carbocycles. The van der Waals surface area contributed by atoms with Crippen LogP contribution in [0.25, 0.3) is 0 Å². The first-order chi connectivity index (χ1) is 2.27. The Morgan fingerprint density at radius 2 is 1.80 bits per heavy atom. The molecule has 0 radical (unpaired) electrons. The van der Waals surface area contributed by atoms with E-state index in [4.69, 9.17) is 0 Å². The van der Waals surface area contributed by atoms with Gasteiger partial charge in [0, 0.05) is 0 Å². The molecule has 0 aromatic rings. The van der Waals surface area contributed by atoms with Crippen LogP contribution in [0, 0.1) is 0 Å². The largest absolute Gasteiger partial charge is 0.112 e. The van der Waals surface area contributed by atoms with Gasteiger partial charge in [-0.15, -0.1) is 9.24 Å². The zero-order valence-electron chi connectivity index (χ0n) is 2.41. The molecule has 30 valence electrons. The molecule has 1 atom stereocenters. The monoisotopic (exact) mass is 216 g/mol. The molecule has 5 heavy (non-hydrogen) atoms. The summed E-state index contributed by atoms with van der Waals surface area (Å²) in [4.78, 5) is 0. The van der Waals surface area contributed by atoms with Gasteiger partial charge >= 0.3 is 0 Å². The van der Waals surface area contributed by atoms with E-state index in [0.29, 0.717) is 0 Å². The molecule has 0 N–H and O–H groups in total. The van der Waals surface area contributed by atoms with E-state index in [1.807, 2.05) is 5.82 Å². The number of rotatable bonds is 0. The molecule has 0 aromatic carbocycles. The second-order valence-electron chi connectivity index (χ2n) is 0.456. The summed E-state index contributed by atoms with van der Waals surface area (Å²) in [6, 6.07) is 0. The van der Waals surface area contributed by atoms with Crippen molar-refractivity contribution in [1.82, 2.24) is 0 Å². The number of hydrogen-bond donors (Lipinski definition) is 0. The van der Waals surface area contributed by atoms with Crippen molar-refractivity contribution < 1.29 is 0 Å². The predicted molar refractivity (Wildman–Crippen MR) is 35.6 cm³/mol. The van der Waals surface area contributed by atoms with Crippen LogP contribution in [0.3, 0.4) is 0 Å². The summed E-state index contributed by atoms with van der Waals surface area (Å²) >= 11 is 6.26. The fraction of sp³-hybridized carbons (Fsp3) is 0. The third kappa shape index (κ3) is 5.13. The summed E-state index contributed by atoms with van der Waals surface area (Å²) in [7, 11) is 2.44. The highest BCUT2D eigenvalue weighted by Gasteiger charge is 1.67. The minimum absolute atomic E-state index is 0.968. The van der Waals surface area contributed by atoms with E-state index in [9.17, 15) is 0 Å². The van der Waals surface area contributed by atoms with Gasteiger partial charge in [0.25, 0.3) is 0 Å². The summed E-state index contributed by atoms with van der Waals surface area (Å²) in [5, 5.41) is 0. The number of hydrogen-bond acceptors (Lipinski definition) is 0. The Labute approximate surface area is 50.5 Å². The van der Waals surface area contributed by atoms with Crippen molar-refractivity contribution in [1.29, 1.82) is 0 Å². The van der Waals surface area contributed by atoms with E-state index in [1.54, 1.807) is 0 Å². The fourth-order valence-electron chi connectivity index (χ4n) is 0. The lowest BCUT2D eigenvalue weighted by Gasteiger charge is -1.67. The van der Waals surface area contributed by atoms with Crippen LogP contribution in [0.4, 0.5) is 0 Å². The second-order valence-corrected chi connectivity index (χ2v) is 3.56. The highest BCUT2D eigenvalue weighted by atomic mass is 79.9. The zero-order chi connectivity index (χ0) is 4.28. The highest BCUT2D eigenvalue weighted by molar-refractivity contribution is 9.28. The van der Waals surface area contributed by atoms with Gasteiger partial charge in [0.05, 0.1) is 3.39 Å². The van der Waals surface area contributed by atoms with E-state index in [-0.39, 0.29) is 0 Å². The Bertz CT molecular complexity index is 45.6. The maximum atomic E-state index is 3.13. The van der Waals surface area contributed by atoms with Crippen LogP contribution in [0.1, 0.15) is 0 Å². The molecule has 0 rings (SSSR count). The standard InChI is InChI=1S/C2H3Br2P/c3-2(4)1-5/h1H,5H2. The Kier molecular flexibility index (Phi) is 4.08. The molecule has 0 aliphatic rings. The fourth-order valence-corrected chi connectivity index (χ4v) is 0. The quantitative estimate of drug-likeness (QED) is 0.547. The van der Waals surface area contributed by atoms with Crippen molar-refractivity contribution in [3.8, 4) is 0 Å². The van der Waals surface area contributed by atoms with Gasteiger partial charge in [-0.1, -0.05) is 0 Å². The molecular formula is C2H3Br2P. The minimum Gasteiger partial charge on any atom is -0.112 e. The molecular weight excluding hydrogens is 215 g/mol. The normalized spacial score (nSPS) is 7.00. The molecule has 0 nitrogen and oxygen atoms in total. The first kappa shape index (κ1) is 6.13. The van der Waals surface area contributed by atoms with Gasteiger partial charge in [-0.05, 0) is 37.7 Å². The van der Waals surface area contributed by atoms with Crippen LogP contribution in [0.5, 0.6) is 0 Å². The van der Waals surface area contributed by atoms with Gasteiger partial charge in [-0.2, -0.15) is 0 Å². The van der Waals surface area contributed by atoms with Crippen LogP contribution in [-0.2, 0) is 0 Å². The van der Waals surface area contributed by atoms with Crippen LogP contribution in [0.2, 0.25) is 0 Å². The van der Waals surface area contributed by atoms with Gasteiger partial charge in [0.15, 0.2) is 0 Å². The lowest BCUT2D eigenvalue weighted by molar-refractivity contribution is 2.53. The lowest BCUT2D eigenvalue weighted by atomic mass is 11.3. The molecule has 0 aromatic heterocycles. The van der Waals surface area contributed by atoms with Crippen LogP contribution in [0.15, 0.2) is 9.21 Å². The average molecular weight is 218 g/mol. The SMILES string of the molecule is PC=C(Br)Br. The van der Waals surface area contributed by atoms with Gasteiger partial charge in [-0.3, -0.25) is 0 Å². The van der Waals surface area contributed by atoms with E-state index in [1.165, 1.54) is 0 Å². The van der Waals surface area contributed by atoms with Crippen molar-refractivity contribution in [2.24, 2.45) is 0 Å². The molecule has 0 fully saturated rings. The van der Waals surface area contributed by atoms with Crippen molar-refractivity contribution in [2.45, 2.75) is 0 Å². The van der Waals surface area contributed by atoms with Crippen LogP contribution in [-0.4, -0.2) is 0 Å². The summed E-state index contributed by atoms with van der Waals surface area (Å²) in [5.41, 5.74) is 0. The maximum Gasteiger partial charge on any atom is 0.0603 e. The molecule has 3 heteroatoms. The Morgan fingerprint density at radius 1 is 1.60 bits per heavy atom. The third-order valence-electron chi connectivity index (χ3n) is 0.126. The third-order valence-corrected chi connectivity index (χ3v) is 1.96. The molecule has 0 aliphatic heterocycles.